The molecule has 7 heteroatoms. The molecule has 2 aromatic carbocycles. The molecule has 6 nitrogen and oxygen atoms in total. The summed E-state index contributed by atoms with van der Waals surface area (Å²) in [6.45, 7) is 4.85. The zero-order chi connectivity index (χ0) is 22.8. The topological polar surface area (TPSA) is 61.1 Å². The number of nitrogens with one attached hydrogen (secondary N) is 1. The van der Waals surface area contributed by atoms with Crippen molar-refractivity contribution in [2.45, 2.75) is 26.2 Å². The van der Waals surface area contributed by atoms with Crippen molar-refractivity contribution in [2.24, 2.45) is 5.10 Å². The van der Waals surface area contributed by atoms with E-state index in [1.54, 1.807) is 12.1 Å². The van der Waals surface area contributed by atoms with Crippen LogP contribution in [-0.4, -0.2) is 42.7 Å². The number of rotatable bonds is 4. The summed E-state index contributed by atoms with van der Waals surface area (Å²) in [5.74, 6) is 0.904. The third-order valence-electron chi connectivity index (χ3n) is 6.37. The molecule has 3 aromatic rings. The maximum absolute atomic E-state index is 13.3. The van der Waals surface area contributed by atoms with Gasteiger partial charge in [0.25, 0.3) is 5.91 Å². The van der Waals surface area contributed by atoms with Gasteiger partial charge in [0.15, 0.2) is 5.76 Å². The summed E-state index contributed by atoms with van der Waals surface area (Å²) >= 11 is 0. The van der Waals surface area contributed by atoms with Gasteiger partial charge in [-0.05, 0) is 56.2 Å². The lowest BCUT2D eigenvalue weighted by atomic mass is 9.93. The maximum Gasteiger partial charge on any atom is 0.289 e. The smallest absolute Gasteiger partial charge is 0.289 e. The largest absolute Gasteiger partial charge is 0.455 e. The van der Waals surface area contributed by atoms with E-state index in [1.807, 2.05) is 30.0 Å². The molecule has 0 bridgehead atoms. The van der Waals surface area contributed by atoms with Gasteiger partial charge < -0.3 is 14.2 Å². The van der Waals surface area contributed by atoms with E-state index in [4.69, 9.17) is 4.42 Å². The highest BCUT2D eigenvalue weighted by atomic mass is 19.1. The number of halogens is 1. The minimum absolute atomic E-state index is 0.0551. The summed E-state index contributed by atoms with van der Waals surface area (Å²) in [5, 5.41) is 4.57. The van der Waals surface area contributed by atoms with Crippen molar-refractivity contribution in [1.82, 2.24) is 4.90 Å². The number of anilines is 2. The minimum atomic E-state index is -0.286. The van der Waals surface area contributed by atoms with E-state index in [0.717, 1.165) is 55.0 Å². The SMILES string of the molecule is Cc1c(C(=O)N2CCN(c3ccccc3)CC2)oc2c1/C(=N/Nc1ccc(F)cc1)CCC2. The molecule has 33 heavy (non-hydrogen) atoms. The quantitative estimate of drug-likeness (QED) is 0.583. The average Bonchev–Trinajstić information content (AvgIpc) is 3.21. The first-order valence-corrected chi connectivity index (χ1v) is 11.4. The Hall–Kier alpha value is -3.61. The van der Waals surface area contributed by atoms with Crippen molar-refractivity contribution in [1.29, 1.82) is 0 Å². The highest BCUT2D eigenvalue weighted by molar-refractivity contribution is 6.06. The molecule has 1 N–H and O–H groups in total. The summed E-state index contributed by atoms with van der Waals surface area (Å²) < 4.78 is 19.3. The lowest BCUT2D eigenvalue weighted by Gasteiger charge is -2.35. The predicted octanol–water partition coefficient (Wildman–Crippen LogP) is 4.84. The van der Waals surface area contributed by atoms with Crippen LogP contribution < -0.4 is 10.3 Å². The third-order valence-corrected chi connectivity index (χ3v) is 6.37. The summed E-state index contributed by atoms with van der Waals surface area (Å²) in [6, 6.07) is 16.4. The second-order valence-electron chi connectivity index (χ2n) is 8.50. The van der Waals surface area contributed by atoms with E-state index in [0.29, 0.717) is 24.5 Å². The van der Waals surface area contributed by atoms with E-state index in [2.05, 4.69) is 27.6 Å². The lowest BCUT2D eigenvalue weighted by Crippen LogP contribution is -2.48. The number of furan rings is 1. The Labute approximate surface area is 192 Å². The Morgan fingerprint density at radius 2 is 1.73 bits per heavy atom. The molecule has 1 aliphatic carbocycles. The lowest BCUT2D eigenvalue weighted by molar-refractivity contribution is 0.0711. The molecule has 5 rings (SSSR count). The van der Waals surface area contributed by atoms with E-state index < -0.39 is 0 Å². The molecule has 2 aliphatic rings. The summed E-state index contributed by atoms with van der Waals surface area (Å²) in [7, 11) is 0. The number of piperazine rings is 1. The Bertz CT molecular complexity index is 1160. The van der Waals surface area contributed by atoms with Crippen LogP contribution in [0.15, 0.2) is 64.1 Å². The van der Waals surface area contributed by atoms with Crippen LogP contribution in [0, 0.1) is 12.7 Å². The monoisotopic (exact) mass is 446 g/mol. The molecular formula is C26H27FN4O2. The molecule has 1 aromatic heterocycles. The van der Waals surface area contributed by atoms with Crippen molar-refractivity contribution < 1.29 is 13.6 Å². The zero-order valence-corrected chi connectivity index (χ0v) is 18.7. The average molecular weight is 447 g/mol. The molecule has 170 valence electrons. The Morgan fingerprint density at radius 3 is 2.45 bits per heavy atom. The van der Waals surface area contributed by atoms with Gasteiger partial charge >= 0.3 is 0 Å². The normalized spacial score (nSPS) is 17.2. The fraction of sp³-hybridized carbons (Fsp3) is 0.308. The number of benzene rings is 2. The number of hydrogen-bond donors (Lipinski definition) is 1. The molecular weight excluding hydrogens is 419 g/mol. The van der Waals surface area contributed by atoms with Crippen LogP contribution >= 0.6 is 0 Å². The summed E-state index contributed by atoms with van der Waals surface area (Å²) in [4.78, 5) is 17.5. The van der Waals surface area contributed by atoms with Crippen LogP contribution in [-0.2, 0) is 6.42 Å². The number of carbonyl (C=O) groups excluding carboxylic acids is 1. The van der Waals surface area contributed by atoms with Crippen LogP contribution in [0.3, 0.4) is 0 Å². The number of amides is 1. The number of carbonyl (C=O) groups is 1. The number of para-hydroxylation sites is 1. The first-order valence-electron chi connectivity index (χ1n) is 11.4. The first-order chi connectivity index (χ1) is 16.1. The van der Waals surface area contributed by atoms with E-state index in [9.17, 15) is 9.18 Å². The molecule has 0 spiro atoms. The molecule has 0 unspecified atom stereocenters. The number of nitrogens with zero attached hydrogens (tertiary/aromatic N) is 3. The highest BCUT2D eigenvalue weighted by Gasteiger charge is 2.31. The molecule has 2 heterocycles. The molecule has 1 saturated heterocycles. The Kier molecular flexibility index (Phi) is 5.86. The molecule has 0 saturated carbocycles. The van der Waals surface area contributed by atoms with Gasteiger partial charge in [-0.15, -0.1) is 0 Å². The van der Waals surface area contributed by atoms with Crippen LogP contribution in [0.5, 0.6) is 0 Å². The van der Waals surface area contributed by atoms with Gasteiger partial charge in [-0.25, -0.2) is 4.39 Å². The van der Waals surface area contributed by atoms with Crippen molar-refractivity contribution >= 4 is 23.0 Å². The Balaban J connectivity index is 1.32. The minimum Gasteiger partial charge on any atom is -0.455 e. The molecule has 1 fully saturated rings. The van der Waals surface area contributed by atoms with Crippen molar-refractivity contribution in [2.75, 3.05) is 36.5 Å². The van der Waals surface area contributed by atoms with Gasteiger partial charge in [0.1, 0.15) is 11.6 Å². The number of fused-ring (bicyclic) bond motifs is 1. The van der Waals surface area contributed by atoms with Gasteiger partial charge in [0.2, 0.25) is 0 Å². The number of hydrazone groups is 1. The van der Waals surface area contributed by atoms with Crippen LogP contribution in [0.25, 0.3) is 0 Å². The fourth-order valence-electron chi connectivity index (χ4n) is 4.59. The standard InChI is InChI=1S/C26H27FN4O2/c1-18-24-22(29-28-20-12-10-19(27)11-13-20)8-5-9-23(24)33-25(18)26(32)31-16-14-30(15-17-31)21-6-3-2-4-7-21/h2-4,6-7,10-13,28H,5,8-9,14-17H2,1H3/b29-22+. The number of hydrogen-bond acceptors (Lipinski definition) is 5. The van der Waals surface area contributed by atoms with E-state index >= 15 is 0 Å². The molecule has 0 radical (unpaired) electrons. The van der Waals surface area contributed by atoms with Crippen LogP contribution in [0.4, 0.5) is 15.8 Å². The van der Waals surface area contributed by atoms with Gasteiger partial charge in [0, 0.05) is 49.4 Å². The first kappa shape index (κ1) is 21.2. The van der Waals surface area contributed by atoms with E-state index in [1.165, 1.54) is 17.8 Å². The predicted molar refractivity (Wildman–Crippen MR) is 128 cm³/mol. The maximum atomic E-state index is 13.3. The van der Waals surface area contributed by atoms with Crippen molar-refractivity contribution in [3.05, 3.63) is 83.1 Å². The molecule has 1 amide bonds. The fourth-order valence-corrected chi connectivity index (χ4v) is 4.59. The number of aryl methyl sites for hydroxylation is 1. The van der Waals surface area contributed by atoms with Gasteiger partial charge in [-0.3, -0.25) is 10.2 Å². The van der Waals surface area contributed by atoms with Crippen LogP contribution in [0.1, 0.15) is 40.3 Å². The highest BCUT2D eigenvalue weighted by Crippen LogP contribution is 2.31. The zero-order valence-electron chi connectivity index (χ0n) is 18.7. The summed E-state index contributed by atoms with van der Waals surface area (Å²) in [6.07, 6.45) is 2.50. The van der Waals surface area contributed by atoms with Gasteiger partial charge in [-0.2, -0.15) is 5.10 Å². The molecule has 1 aliphatic heterocycles. The van der Waals surface area contributed by atoms with E-state index in [-0.39, 0.29) is 11.7 Å². The second-order valence-corrected chi connectivity index (χ2v) is 8.50. The van der Waals surface area contributed by atoms with Crippen LogP contribution in [0.2, 0.25) is 0 Å². The van der Waals surface area contributed by atoms with Crippen molar-refractivity contribution in [3.8, 4) is 0 Å². The van der Waals surface area contributed by atoms with Crippen molar-refractivity contribution in [3.63, 3.8) is 0 Å². The van der Waals surface area contributed by atoms with Gasteiger partial charge in [0.05, 0.1) is 11.4 Å². The second kappa shape index (κ2) is 9.10. The summed E-state index contributed by atoms with van der Waals surface area (Å²) in [5.41, 5.74) is 7.56. The molecule has 0 atom stereocenters. The van der Waals surface area contributed by atoms with Gasteiger partial charge in [-0.1, -0.05) is 18.2 Å². The Morgan fingerprint density at radius 1 is 1.00 bits per heavy atom. The third kappa shape index (κ3) is 4.35.